The van der Waals surface area contributed by atoms with Gasteiger partial charge in [-0.05, 0) is 48.6 Å². The number of carbonyl (C=O) groups excluding carboxylic acids is 1. The van der Waals surface area contributed by atoms with E-state index >= 15 is 0 Å². The third-order valence-corrected chi connectivity index (χ3v) is 7.68. The molecule has 0 aliphatic rings. The summed E-state index contributed by atoms with van der Waals surface area (Å²) >= 11 is 1.89. The van der Waals surface area contributed by atoms with E-state index < -0.39 is 0 Å². The van der Waals surface area contributed by atoms with E-state index in [1.165, 1.54) is 56.6 Å². The molecule has 0 bridgehead atoms. The molecule has 0 spiro atoms. The van der Waals surface area contributed by atoms with Crippen LogP contribution in [0.2, 0.25) is 0 Å². The number of fused-ring (bicyclic) bond motifs is 4. The van der Waals surface area contributed by atoms with E-state index in [1.54, 1.807) is 0 Å². The zero-order valence-electron chi connectivity index (χ0n) is 23.7. The largest absolute Gasteiger partial charge is 0.512 e. The molecule has 0 aliphatic heterocycles. The number of rotatable bonds is 4. The van der Waals surface area contributed by atoms with Gasteiger partial charge < -0.3 is 5.11 Å². The summed E-state index contributed by atoms with van der Waals surface area (Å²) in [6.07, 6.45) is 4.22. The maximum atomic E-state index is 10.0. The summed E-state index contributed by atoms with van der Waals surface area (Å²) in [6, 6.07) is 23.5. The first-order chi connectivity index (χ1) is 18.0. The quantitative estimate of drug-likeness (QED) is 0.115. The third-order valence-electron chi connectivity index (χ3n) is 6.37. The first kappa shape index (κ1) is 30.7. The van der Waals surface area contributed by atoms with Crippen LogP contribution in [0.5, 0.6) is 0 Å². The van der Waals surface area contributed by atoms with Crippen LogP contribution in [-0.4, -0.2) is 15.9 Å². The predicted octanol–water partition coefficient (Wildman–Crippen LogP) is 9.60. The van der Waals surface area contributed by atoms with E-state index in [0.29, 0.717) is 5.92 Å². The normalized spacial score (nSPS) is 11.9. The van der Waals surface area contributed by atoms with Crippen LogP contribution >= 0.6 is 11.3 Å². The molecule has 0 unspecified atom stereocenters. The molecule has 0 aliphatic carbocycles. The van der Waals surface area contributed by atoms with Crippen LogP contribution in [0.1, 0.15) is 59.6 Å². The fourth-order valence-corrected chi connectivity index (χ4v) is 6.17. The second-order valence-electron chi connectivity index (χ2n) is 11.3. The van der Waals surface area contributed by atoms with Crippen LogP contribution in [0.25, 0.3) is 42.2 Å². The molecule has 2 heterocycles. The molecule has 1 N–H and O–H groups in total. The van der Waals surface area contributed by atoms with Crippen LogP contribution in [0.15, 0.2) is 72.6 Å². The molecule has 0 atom stereocenters. The maximum Gasteiger partial charge on any atom is 0.155 e. The van der Waals surface area contributed by atoms with Crippen LogP contribution in [0.3, 0.4) is 0 Å². The Morgan fingerprint density at radius 1 is 1.00 bits per heavy atom. The van der Waals surface area contributed by atoms with Gasteiger partial charge in [0, 0.05) is 52.9 Å². The first-order valence-corrected chi connectivity index (χ1v) is 13.9. The second kappa shape index (κ2) is 12.6. The Hall–Kier alpha value is -2.85. The summed E-state index contributed by atoms with van der Waals surface area (Å²) in [5.74, 6) is 0.573. The van der Waals surface area contributed by atoms with Gasteiger partial charge in [0.15, 0.2) is 5.78 Å². The minimum absolute atomic E-state index is 0. The summed E-state index contributed by atoms with van der Waals surface area (Å²) in [5, 5.41) is 13.4. The molecular formula is C34H36IrNO2S-. The van der Waals surface area contributed by atoms with Crippen LogP contribution < -0.4 is 0 Å². The Bertz CT molecular complexity index is 1650. The van der Waals surface area contributed by atoms with Crippen molar-refractivity contribution >= 4 is 48.1 Å². The average Bonchev–Trinajstić information content (AvgIpc) is 3.22. The van der Waals surface area contributed by atoms with Crippen molar-refractivity contribution in [2.24, 2.45) is 5.92 Å². The fourth-order valence-electron chi connectivity index (χ4n) is 4.85. The molecule has 0 saturated heterocycles. The minimum atomic E-state index is -0.125. The van der Waals surface area contributed by atoms with Gasteiger partial charge in [-0.25, -0.2) is 0 Å². The predicted molar refractivity (Wildman–Crippen MR) is 163 cm³/mol. The Balaban J connectivity index is 0.000000468. The smallest absolute Gasteiger partial charge is 0.155 e. The van der Waals surface area contributed by atoms with Crippen molar-refractivity contribution in [1.82, 2.24) is 4.98 Å². The minimum Gasteiger partial charge on any atom is -0.512 e. The molecule has 205 valence electrons. The van der Waals surface area contributed by atoms with Crippen molar-refractivity contribution in [3.05, 3.63) is 89.8 Å². The summed E-state index contributed by atoms with van der Waals surface area (Å²) in [4.78, 5) is 14.9. The molecule has 0 amide bonds. The number of hydrogen-bond donors (Lipinski definition) is 1. The van der Waals surface area contributed by atoms with Crippen molar-refractivity contribution < 1.29 is 30.0 Å². The number of allylic oxidation sites excluding steroid dienone is 2. The topological polar surface area (TPSA) is 50.2 Å². The maximum absolute atomic E-state index is 10.0. The summed E-state index contributed by atoms with van der Waals surface area (Å²) in [6.45, 7) is 14.3. The fraction of sp³-hybridized carbons (Fsp3) is 0.294. The summed E-state index contributed by atoms with van der Waals surface area (Å²) in [5.41, 5.74) is 4.97. The van der Waals surface area contributed by atoms with Gasteiger partial charge >= 0.3 is 0 Å². The van der Waals surface area contributed by atoms with Gasteiger partial charge in [-0.2, -0.15) is 0 Å². The van der Waals surface area contributed by atoms with E-state index in [-0.39, 0.29) is 37.1 Å². The van der Waals surface area contributed by atoms with E-state index in [1.807, 2.05) is 17.5 Å². The summed E-state index contributed by atoms with van der Waals surface area (Å²) < 4.78 is 2.66. The molecule has 3 aromatic carbocycles. The number of aromatic nitrogens is 1. The number of thiophene rings is 1. The molecule has 2 aromatic heterocycles. The molecule has 5 heteroatoms. The van der Waals surface area contributed by atoms with E-state index in [0.717, 1.165) is 23.1 Å². The molecule has 1 radical (unpaired) electrons. The zero-order valence-corrected chi connectivity index (χ0v) is 26.9. The third kappa shape index (κ3) is 7.03. The Labute approximate surface area is 249 Å². The number of benzene rings is 3. The number of hydrogen-bond acceptors (Lipinski definition) is 4. The zero-order chi connectivity index (χ0) is 27.6. The van der Waals surface area contributed by atoms with Gasteiger partial charge in [0.25, 0.3) is 0 Å². The number of nitrogens with zero attached hydrogens (tertiary/aromatic N) is 1. The van der Waals surface area contributed by atoms with Crippen molar-refractivity contribution in [1.29, 1.82) is 0 Å². The number of carbonyl (C=O) groups is 1. The molecule has 5 aromatic rings. The SMILES string of the molecule is CC(=O)/C=C(/C)O.CC(C)Cc1cccc2c1sc1c(-c3[c-]c4ccccc4c(C(C)(C)C)c3)nccc12.[Ir]. The Morgan fingerprint density at radius 2 is 1.67 bits per heavy atom. The number of aliphatic hydroxyl groups is 1. The van der Waals surface area contributed by atoms with Gasteiger partial charge in [0.1, 0.15) is 0 Å². The van der Waals surface area contributed by atoms with Gasteiger partial charge in [-0.1, -0.05) is 82.0 Å². The Kier molecular flexibility index (Phi) is 9.88. The van der Waals surface area contributed by atoms with E-state index in [4.69, 9.17) is 10.1 Å². The van der Waals surface area contributed by atoms with Crippen LogP contribution in [-0.2, 0) is 36.7 Å². The van der Waals surface area contributed by atoms with Gasteiger partial charge in [0.2, 0.25) is 0 Å². The molecular weight excluding hydrogens is 679 g/mol. The van der Waals surface area contributed by atoms with Crippen molar-refractivity contribution in [3.63, 3.8) is 0 Å². The Morgan fingerprint density at radius 3 is 2.28 bits per heavy atom. The van der Waals surface area contributed by atoms with Crippen molar-refractivity contribution in [3.8, 4) is 11.3 Å². The number of ketones is 1. The summed E-state index contributed by atoms with van der Waals surface area (Å²) in [7, 11) is 0. The molecule has 39 heavy (non-hydrogen) atoms. The van der Waals surface area contributed by atoms with E-state index in [9.17, 15) is 4.79 Å². The van der Waals surface area contributed by atoms with Crippen molar-refractivity contribution in [2.45, 2.75) is 60.3 Å². The molecule has 0 saturated carbocycles. The number of aliphatic hydroxyl groups excluding tert-OH is 1. The second-order valence-corrected chi connectivity index (χ2v) is 12.3. The molecule has 5 rings (SSSR count). The van der Waals surface area contributed by atoms with Crippen molar-refractivity contribution in [2.75, 3.05) is 0 Å². The standard InChI is InChI=1S/C29H28NS.C5H8O2.Ir/c1-18(2)15-20-10-8-12-23-24-13-14-30-26(28(24)31-27(20)23)21-16-19-9-6-7-11-22(19)25(17-21)29(3,4)5;1-4(6)3-5(2)7;/h6-14,17-18H,15H2,1-5H3;3,6H,1-2H3;/q-1;;/b;4-3-;. The monoisotopic (exact) mass is 715 g/mol. The molecule has 0 fully saturated rings. The first-order valence-electron chi connectivity index (χ1n) is 13.1. The van der Waals surface area contributed by atoms with Crippen LogP contribution in [0.4, 0.5) is 0 Å². The average molecular weight is 715 g/mol. The van der Waals surface area contributed by atoms with Gasteiger partial charge in [-0.3, -0.25) is 9.78 Å². The molecule has 3 nitrogen and oxygen atoms in total. The van der Waals surface area contributed by atoms with Gasteiger partial charge in [0.05, 0.1) is 5.76 Å². The number of pyridine rings is 1. The van der Waals surface area contributed by atoms with Crippen LogP contribution in [0, 0.1) is 12.0 Å². The van der Waals surface area contributed by atoms with E-state index in [2.05, 4.69) is 95.3 Å². The van der Waals surface area contributed by atoms with Gasteiger partial charge in [-0.15, -0.1) is 40.5 Å².